The first kappa shape index (κ1) is 17.7. The van der Waals surface area contributed by atoms with Gasteiger partial charge in [0.15, 0.2) is 0 Å². The second-order valence-electron chi connectivity index (χ2n) is 7.08. The Morgan fingerprint density at radius 2 is 1.28 bits per heavy atom. The van der Waals surface area contributed by atoms with Crippen molar-refractivity contribution in [3.05, 3.63) is 12.2 Å². The molecular formula is C18H36. The first-order valence-corrected chi connectivity index (χ1v) is 7.99. The van der Waals surface area contributed by atoms with Gasteiger partial charge in [0.25, 0.3) is 0 Å². The summed E-state index contributed by atoms with van der Waals surface area (Å²) in [4.78, 5) is 0. The molecule has 108 valence electrons. The molecule has 0 rings (SSSR count). The van der Waals surface area contributed by atoms with Crippen LogP contribution in [0.25, 0.3) is 0 Å². The summed E-state index contributed by atoms with van der Waals surface area (Å²) < 4.78 is 0. The first-order valence-electron chi connectivity index (χ1n) is 7.99. The third-order valence-corrected chi connectivity index (χ3v) is 3.89. The van der Waals surface area contributed by atoms with Gasteiger partial charge in [-0.1, -0.05) is 53.0 Å². The van der Waals surface area contributed by atoms with Crippen LogP contribution >= 0.6 is 0 Å². The number of allylic oxidation sites excluding steroid dienone is 1. The lowest BCUT2D eigenvalue weighted by atomic mass is 9.83. The van der Waals surface area contributed by atoms with E-state index in [9.17, 15) is 0 Å². The van der Waals surface area contributed by atoms with Gasteiger partial charge >= 0.3 is 0 Å². The van der Waals surface area contributed by atoms with Gasteiger partial charge in [0.05, 0.1) is 0 Å². The van der Waals surface area contributed by atoms with Crippen molar-refractivity contribution in [2.24, 2.45) is 23.7 Å². The molecule has 0 aliphatic rings. The van der Waals surface area contributed by atoms with Crippen molar-refractivity contribution in [2.45, 2.75) is 80.1 Å². The maximum atomic E-state index is 4.02. The summed E-state index contributed by atoms with van der Waals surface area (Å²) in [7, 11) is 0. The van der Waals surface area contributed by atoms with Gasteiger partial charge in [-0.05, 0) is 56.3 Å². The zero-order chi connectivity index (χ0) is 14.1. The first-order chi connectivity index (χ1) is 8.35. The van der Waals surface area contributed by atoms with E-state index in [0.717, 1.165) is 23.7 Å². The molecule has 0 nitrogen and oxygen atoms in total. The van der Waals surface area contributed by atoms with Crippen LogP contribution in [-0.2, 0) is 0 Å². The Labute approximate surface area is 116 Å². The highest BCUT2D eigenvalue weighted by molar-refractivity contribution is 4.89. The SMILES string of the molecule is C=C(C)CC(C)CC(C)CC(C)CC(C)CCC. The maximum Gasteiger partial charge on any atom is -0.0300 e. The molecule has 0 aromatic heterocycles. The van der Waals surface area contributed by atoms with Crippen LogP contribution in [0.1, 0.15) is 80.1 Å². The van der Waals surface area contributed by atoms with Gasteiger partial charge in [0, 0.05) is 0 Å². The molecule has 0 saturated heterocycles. The Morgan fingerprint density at radius 1 is 0.833 bits per heavy atom. The van der Waals surface area contributed by atoms with E-state index in [2.05, 4.69) is 48.1 Å². The Morgan fingerprint density at radius 3 is 1.72 bits per heavy atom. The van der Waals surface area contributed by atoms with Crippen LogP contribution in [0.2, 0.25) is 0 Å². The normalized spacial score (nSPS) is 18.1. The fourth-order valence-corrected chi connectivity index (χ4v) is 3.54. The molecule has 0 aromatic carbocycles. The van der Waals surface area contributed by atoms with Crippen LogP contribution in [-0.4, -0.2) is 0 Å². The van der Waals surface area contributed by atoms with Crippen molar-refractivity contribution in [3.8, 4) is 0 Å². The molecule has 4 unspecified atom stereocenters. The van der Waals surface area contributed by atoms with E-state index in [0.29, 0.717) is 0 Å². The van der Waals surface area contributed by atoms with Crippen LogP contribution in [0.4, 0.5) is 0 Å². The van der Waals surface area contributed by atoms with E-state index < -0.39 is 0 Å². The molecule has 0 N–H and O–H groups in total. The molecule has 0 aliphatic carbocycles. The minimum Gasteiger partial charge on any atom is -0.100 e. The minimum absolute atomic E-state index is 0.803. The summed E-state index contributed by atoms with van der Waals surface area (Å²) >= 11 is 0. The summed E-state index contributed by atoms with van der Waals surface area (Å²) in [5.41, 5.74) is 1.33. The monoisotopic (exact) mass is 252 g/mol. The van der Waals surface area contributed by atoms with Crippen molar-refractivity contribution < 1.29 is 0 Å². The van der Waals surface area contributed by atoms with Gasteiger partial charge in [-0.15, -0.1) is 6.58 Å². The van der Waals surface area contributed by atoms with Crippen LogP contribution in [0.3, 0.4) is 0 Å². The Kier molecular flexibility index (Phi) is 9.50. The van der Waals surface area contributed by atoms with Crippen molar-refractivity contribution in [3.63, 3.8) is 0 Å². The Balaban J connectivity index is 3.85. The topological polar surface area (TPSA) is 0 Å². The molecule has 4 atom stereocenters. The molecule has 0 aromatic rings. The third kappa shape index (κ3) is 9.74. The van der Waals surface area contributed by atoms with Gasteiger partial charge in [-0.25, -0.2) is 0 Å². The van der Waals surface area contributed by atoms with Gasteiger partial charge in [0.1, 0.15) is 0 Å². The van der Waals surface area contributed by atoms with E-state index in [1.165, 1.54) is 44.1 Å². The quantitative estimate of drug-likeness (QED) is 0.391. The van der Waals surface area contributed by atoms with Crippen molar-refractivity contribution in [2.75, 3.05) is 0 Å². The van der Waals surface area contributed by atoms with E-state index in [4.69, 9.17) is 0 Å². The average Bonchev–Trinajstić information content (AvgIpc) is 2.14. The highest BCUT2D eigenvalue weighted by Gasteiger charge is 2.14. The standard InChI is InChI=1S/C18H36/c1-8-9-15(4)11-17(6)13-18(7)12-16(5)10-14(2)3/h15-18H,2,8-13H2,1,3-7H3. The van der Waals surface area contributed by atoms with E-state index >= 15 is 0 Å². The lowest BCUT2D eigenvalue weighted by Gasteiger charge is -2.22. The molecule has 0 heterocycles. The fraction of sp³-hybridized carbons (Fsp3) is 0.889. The molecule has 0 heteroatoms. The van der Waals surface area contributed by atoms with Crippen LogP contribution in [0.15, 0.2) is 12.2 Å². The highest BCUT2D eigenvalue weighted by Crippen LogP contribution is 2.27. The molecule has 18 heavy (non-hydrogen) atoms. The molecule has 0 bridgehead atoms. The molecule has 0 amide bonds. The van der Waals surface area contributed by atoms with E-state index in [-0.39, 0.29) is 0 Å². The second kappa shape index (κ2) is 9.64. The smallest absolute Gasteiger partial charge is 0.0300 e. The molecule has 0 spiro atoms. The average molecular weight is 252 g/mol. The third-order valence-electron chi connectivity index (χ3n) is 3.89. The zero-order valence-corrected chi connectivity index (χ0v) is 13.8. The molecule has 0 aliphatic heterocycles. The van der Waals surface area contributed by atoms with Gasteiger partial charge in [-0.3, -0.25) is 0 Å². The lowest BCUT2D eigenvalue weighted by Crippen LogP contribution is -2.10. The van der Waals surface area contributed by atoms with Crippen molar-refractivity contribution >= 4 is 0 Å². The van der Waals surface area contributed by atoms with E-state index in [1.54, 1.807) is 0 Å². The molecular weight excluding hydrogens is 216 g/mol. The van der Waals surface area contributed by atoms with Gasteiger partial charge < -0.3 is 0 Å². The van der Waals surface area contributed by atoms with Crippen molar-refractivity contribution in [1.29, 1.82) is 0 Å². The van der Waals surface area contributed by atoms with Gasteiger partial charge in [-0.2, -0.15) is 0 Å². The fourth-order valence-electron chi connectivity index (χ4n) is 3.54. The minimum atomic E-state index is 0.803. The molecule has 0 radical (unpaired) electrons. The number of hydrogen-bond donors (Lipinski definition) is 0. The number of hydrogen-bond acceptors (Lipinski definition) is 0. The highest BCUT2D eigenvalue weighted by atomic mass is 14.2. The number of rotatable bonds is 10. The van der Waals surface area contributed by atoms with Crippen LogP contribution in [0, 0.1) is 23.7 Å². The largest absolute Gasteiger partial charge is 0.100 e. The summed E-state index contributed by atoms with van der Waals surface area (Å²) in [5, 5.41) is 0. The van der Waals surface area contributed by atoms with Crippen LogP contribution < -0.4 is 0 Å². The summed E-state index contributed by atoms with van der Waals surface area (Å²) in [6.45, 7) is 18.1. The summed E-state index contributed by atoms with van der Waals surface area (Å²) in [6.07, 6.45) is 8.09. The summed E-state index contributed by atoms with van der Waals surface area (Å²) in [5.74, 6) is 3.46. The molecule has 0 fully saturated rings. The maximum absolute atomic E-state index is 4.02. The summed E-state index contributed by atoms with van der Waals surface area (Å²) in [6, 6.07) is 0. The van der Waals surface area contributed by atoms with Gasteiger partial charge in [0.2, 0.25) is 0 Å². The lowest BCUT2D eigenvalue weighted by molar-refractivity contribution is 0.300. The predicted molar refractivity (Wildman–Crippen MR) is 84.8 cm³/mol. The Hall–Kier alpha value is -0.260. The Bertz CT molecular complexity index is 216. The van der Waals surface area contributed by atoms with Crippen molar-refractivity contribution in [1.82, 2.24) is 0 Å². The second-order valence-corrected chi connectivity index (χ2v) is 7.08. The molecule has 0 saturated carbocycles. The zero-order valence-electron chi connectivity index (χ0n) is 13.8. The predicted octanol–water partition coefficient (Wildman–Crippen LogP) is 6.47. The van der Waals surface area contributed by atoms with Crippen LogP contribution in [0.5, 0.6) is 0 Å². The van der Waals surface area contributed by atoms with E-state index in [1.807, 2.05) is 0 Å².